The Hall–Kier alpha value is -2.92. The molecule has 5 nitrogen and oxygen atoms in total. The van der Waals surface area contributed by atoms with Crippen LogP contribution in [-0.2, 0) is 19.5 Å². The quantitative estimate of drug-likeness (QED) is 0.330. The number of aromatic nitrogens is 3. The van der Waals surface area contributed by atoms with E-state index in [0.29, 0.717) is 5.82 Å². The predicted molar refractivity (Wildman–Crippen MR) is 133 cm³/mol. The molecule has 0 saturated heterocycles. The highest BCUT2D eigenvalue weighted by Gasteiger charge is 2.20. The Balaban J connectivity index is 1.43. The van der Waals surface area contributed by atoms with E-state index in [1.807, 2.05) is 12.1 Å². The minimum Gasteiger partial charge on any atom is -0.382 e. The van der Waals surface area contributed by atoms with E-state index in [-0.39, 0.29) is 0 Å². The van der Waals surface area contributed by atoms with Gasteiger partial charge in [-0.1, -0.05) is 68.7 Å². The van der Waals surface area contributed by atoms with Crippen molar-refractivity contribution < 1.29 is 0 Å². The van der Waals surface area contributed by atoms with Gasteiger partial charge in [0.1, 0.15) is 11.3 Å². The van der Waals surface area contributed by atoms with Crippen molar-refractivity contribution >= 4 is 27.8 Å². The van der Waals surface area contributed by atoms with E-state index in [1.54, 1.807) is 0 Å². The fourth-order valence-electron chi connectivity index (χ4n) is 4.49. The lowest BCUT2D eigenvalue weighted by Crippen LogP contribution is -2.15. The smallest absolute Gasteiger partial charge is 0.152 e. The molecule has 0 radical (unpaired) electrons. The first-order valence-corrected chi connectivity index (χ1v) is 12.0. The number of pyridine rings is 1. The van der Waals surface area contributed by atoms with E-state index in [9.17, 15) is 0 Å². The second kappa shape index (κ2) is 9.29. The molecule has 4 aromatic rings. The number of imidazole rings is 1. The summed E-state index contributed by atoms with van der Waals surface area (Å²) >= 11 is 0. The van der Waals surface area contributed by atoms with Gasteiger partial charge in [0.15, 0.2) is 5.82 Å². The van der Waals surface area contributed by atoms with Crippen molar-refractivity contribution in [2.45, 2.75) is 58.5 Å². The van der Waals surface area contributed by atoms with Crippen molar-refractivity contribution in [3.05, 3.63) is 65.5 Å². The number of benzene rings is 2. The standard InChI is InChI=1S/C27H33N5/c1-2-3-8-24-31-25-26(22-6-4-5-7-23(22)30-27(25)28)32(24)18-21-13-11-20(12-14-21)17-29-16-15-19-9-10-19/h4-7,11-14,19,29H,2-3,8-10,15-18H2,1H3,(H2,28,30). The molecule has 1 aliphatic rings. The van der Waals surface area contributed by atoms with Crippen LogP contribution in [0.4, 0.5) is 5.82 Å². The second-order valence-corrected chi connectivity index (χ2v) is 9.15. The zero-order valence-electron chi connectivity index (χ0n) is 19.0. The molecule has 166 valence electrons. The summed E-state index contributed by atoms with van der Waals surface area (Å²) in [6.45, 7) is 5.07. The molecule has 0 aliphatic heterocycles. The molecule has 0 bridgehead atoms. The monoisotopic (exact) mass is 427 g/mol. The molecule has 3 N–H and O–H groups in total. The summed E-state index contributed by atoms with van der Waals surface area (Å²) in [5.41, 5.74) is 11.8. The zero-order valence-corrected chi connectivity index (χ0v) is 19.0. The van der Waals surface area contributed by atoms with Gasteiger partial charge in [0, 0.05) is 24.9 Å². The highest BCUT2D eigenvalue weighted by molar-refractivity contribution is 6.06. The maximum atomic E-state index is 6.33. The van der Waals surface area contributed by atoms with E-state index >= 15 is 0 Å². The Morgan fingerprint density at radius 1 is 1.03 bits per heavy atom. The summed E-state index contributed by atoms with van der Waals surface area (Å²) in [6, 6.07) is 17.2. The third-order valence-electron chi connectivity index (χ3n) is 6.56. The number of hydrogen-bond acceptors (Lipinski definition) is 4. The number of nitrogens with one attached hydrogen (secondary N) is 1. The average molecular weight is 428 g/mol. The van der Waals surface area contributed by atoms with Gasteiger partial charge in [0.05, 0.1) is 11.0 Å². The second-order valence-electron chi connectivity index (χ2n) is 9.15. The van der Waals surface area contributed by atoms with Gasteiger partial charge < -0.3 is 15.6 Å². The van der Waals surface area contributed by atoms with Crippen LogP contribution < -0.4 is 11.1 Å². The van der Waals surface area contributed by atoms with Gasteiger partial charge in [-0.25, -0.2) is 9.97 Å². The van der Waals surface area contributed by atoms with Crippen molar-refractivity contribution in [2.24, 2.45) is 5.92 Å². The SMILES string of the molecule is CCCCc1nc2c(N)nc3ccccc3c2n1Cc1ccc(CNCCC2CC2)cc1. The van der Waals surface area contributed by atoms with E-state index in [4.69, 9.17) is 10.7 Å². The average Bonchev–Trinajstić information content (AvgIpc) is 3.57. The number of fused-ring (bicyclic) bond motifs is 3. The zero-order chi connectivity index (χ0) is 21.9. The fourth-order valence-corrected chi connectivity index (χ4v) is 4.49. The lowest BCUT2D eigenvalue weighted by Gasteiger charge is -2.12. The molecule has 0 spiro atoms. The van der Waals surface area contributed by atoms with E-state index in [0.717, 1.165) is 72.6 Å². The van der Waals surface area contributed by atoms with Crippen LogP contribution >= 0.6 is 0 Å². The van der Waals surface area contributed by atoms with Crippen LogP contribution in [-0.4, -0.2) is 21.1 Å². The summed E-state index contributed by atoms with van der Waals surface area (Å²) in [5.74, 6) is 2.59. The number of nitrogen functional groups attached to an aromatic ring is 1. The summed E-state index contributed by atoms with van der Waals surface area (Å²) in [7, 11) is 0. The number of aryl methyl sites for hydroxylation is 1. The van der Waals surface area contributed by atoms with Gasteiger partial charge in [0.25, 0.3) is 0 Å². The summed E-state index contributed by atoms with van der Waals surface area (Å²) < 4.78 is 2.36. The molecule has 32 heavy (non-hydrogen) atoms. The van der Waals surface area contributed by atoms with Crippen molar-refractivity contribution in [1.82, 2.24) is 19.9 Å². The van der Waals surface area contributed by atoms with Crippen LogP contribution in [0.2, 0.25) is 0 Å². The van der Waals surface area contributed by atoms with Gasteiger partial charge in [-0.05, 0) is 42.5 Å². The molecule has 2 aromatic carbocycles. The van der Waals surface area contributed by atoms with Crippen LogP contribution in [0.1, 0.15) is 56.0 Å². The Morgan fingerprint density at radius 2 is 1.81 bits per heavy atom. The molecule has 1 aliphatic carbocycles. The highest BCUT2D eigenvalue weighted by atomic mass is 15.1. The molecule has 2 aromatic heterocycles. The van der Waals surface area contributed by atoms with Crippen LogP contribution in [0.25, 0.3) is 21.9 Å². The first-order valence-electron chi connectivity index (χ1n) is 12.0. The fraction of sp³-hybridized carbons (Fsp3) is 0.407. The predicted octanol–water partition coefficient (Wildman–Crippen LogP) is 5.45. The van der Waals surface area contributed by atoms with Crippen LogP contribution in [0.3, 0.4) is 0 Å². The van der Waals surface area contributed by atoms with E-state index < -0.39 is 0 Å². The maximum Gasteiger partial charge on any atom is 0.152 e. The van der Waals surface area contributed by atoms with Gasteiger partial charge in [-0.3, -0.25) is 0 Å². The Labute approximate surface area is 190 Å². The lowest BCUT2D eigenvalue weighted by atomic mass is 10.1. The van der Waals surface area contributed by atoms with Gasteiger partial charge in [-0.2, -0.15) is 0 Å². The minimum absolute atomic E-state index is 0.516. The van der Waals surface area contributed by atoms with E-state index in [2.05, 4.69) is 58.2 Å². The molecule has 0 unspecified atom stereocenters. The molecule has 5 heteroatoms. The third-order valence-corrected chi connectivity index (χ3v) is 6.56. The molecule has 0 amide bonds. The van der Waals surface area contributed by atoms with Crippen molar-refractivity contribution in [1.29, 1.82) is 0 Å². The number of nitrogens with zero attached hydrogens (tertiary/aromatic N) is 3. The molecule has 0 atom stereocenters. The number of hydrogen-bond donors (Lipinski definition) is 2. The number of anilines is 1. The Kier molecular flexibility index (Phi) is 6.08. The molecule has 5 rings (SSSR count). The topological polar surface area (TPSA) is 68.8 Å². The van der Waals surface area contributed by atoms with Gasteiger partial charge in [0.2, 0.25) is 0 Å². The Bertz CT molecular complexity index is 1200. The summed E-state index contributed by atoms with van der Waals surface area (Å²) in [6.07, 6.45) is 7.37. The van der Waals surface area contributed by atoms with Crippen LogP contribution in [0.5, 0.6) is 0 Å². The third kappa shape index (κ3) is 4.49. The molecular formula is C27H33N5. The van der Waals surface area contributed by atoms with Gasteiger partial charge in [-0.15, -0.1) is 0 Å². The van der Waals surface area contributed by atoms with Crippen molar-refractivity contribution in [2.75, 3.05) is 12.3 Å². The molecular weight excluding hydrogens is 394 g/mol. The molecule has 2 heterocycles. The first-order chi connectivity index (χ1) is 15.7. The van der Waals surface area contributed by atoms with Crippen molar-refractivity contribution in [3.63, 3.8) is 0 Å². The number of unbranched alkanes of at least 4 members (excludes halogenated alkanes) is 1. The molecule has 1 fully saturated rings. The normalized spacial score (nSPS) is 13.9. The largest absolute Gasteiger partial charge is 0.382 e. The molecule has 1 saturated carbocycles. The number of rotatable bonds is 10. The first kappa shape index (κ1) is 21.0. The maximum absolute atomic E-state index is 6.33. The van der Waals surface area contributed by atoms with Gasteiger partial charge >= 0.3 is 0 Å². The van der Waals surface area contributed by atoms with Crippen LogP contribution in [0, 0.1) is 5.92 Å². The Morgan fingerprint density at radius 3 is 2.59 bits per heavy atom. The number of para-hydroxylation sites is 1. The van der Waals surface area contributed by atoms with E-state index in [1.165, 1.54) is 30.4 Å². The minimum atomic E-state index is 0.516. The highest BCUT2D eigenvalue weighted by Crippen LogP contribution is 2.32. The summed E-state index contributed by atoms with van der Waals surface area (Å²) in [5, 5.41) is 4.70. The number of nitrogens with two attached hydrogens (primary N) is 1. The van der Waals surface area contributed by atoms with Crippen LogP contribution in [0.15, 0.2) is 48.5 Å². The summed E-state index contributed by atoms with van der Waals surface area (Å²) in [4.78, 5) is 9.55. The lowest BCUT2D eigenvalue weighted by molar-refractivity contribution is 0.612. The van der Waals surface area contributed by atoms with Crippen molar-refractivity contribution in [3.8, 4) is 0 Å².